The molecule has 63 heavy (non-hydrogen) atoms. The molecule has 3 aromatic rings. The Balaban J connectivity index is 1.27. The number of rotatable bonds is 12. The van der Waals surface area contributed by atoms with Crippen LogP contribution in [0, 0.1) is 29.6 Å². The highest BCUT2D eigenvalue weighted by molar-refractivity contribution is 8.00. The van der Waals surface area contributed by atoms with Gasteiger partial charge in [-0.3, -0.25) is 19.4 Å². The van der Waals surface area contributed by atoms with E-state index in [9.17, 15) is 19.5 Å². The first-order valence-electron chi connectivity index (χ1n) is 22.1. The number of thioether (sulfide) groups is 1. The van der Waals surface area contributed by atoms with Gasteiger partial charge in [0.15, 0.2) is 23.4 Å². The number of ketones is 1. The minimum absolute atomic E-state index is 0.0352. The molecule has 0 unspecified atom stereocenters. The summed E-state index contributed by atoms with van der Waals surface area (Å²) in [6, 6.07) is 3.79. The molecule has 0 amide bonds. The summed E-state index contributed by atoms with van der Waals surface area (Å²) in [5.74, 6) is -2.86. The van der Waals surface area contributed by atoms with E-state index in [4.69, 9.17) is 39.1 Å². The number of aliphatic hydroxyl groups is 1. The Morgan fingerprint density at radius 2 is 1.70 bits per heavy atom. The number of aromatic nitrogens is 5. The van der Waals surface area contributed by atoms with Crippen molar-refractivity contribution in [3.8, 4) is 0 Å². The Morgan fingerprint density at radius 3 is 2.37 bits per heavy atom. The van der Waals surface area contributed by atoms with Gasteiger partial charge >= 0.3 is 11.9 Å². The number of esters is 2. The fraction of sp³-hybridized carbons (Fsp3) is 0.711. The number of cyclic esters (lactones) is 1. The first kappa shape index (κ1) is 48.5. The highest BCUT2D eigenvalue weighted by atomic mass is 32.2. The number of aliphatic hydroxyl groups excluding tert-OH is 1. The number of hydrogen-bond acceptors (Lipinski definition) is 17. The normalized spacial score (nSPS) is 37.0. The zero-order valence-electron chi connectivity index (χ0n) is 38.5. The van der Waals surface area contributed by atoms with Crippen molar-refractivity contribution in [1.82, 2.24) is 24.5 Å². The van der Waals surface area contributed by atoms with E-state index >= 15 is 0 Å². The van der Waals surface area contributed by atoms with Crippen LogP contribution in [0.5, 0.6) is 0 Å². The molecule has 18 heteroatoms. The predicted octanol–water partition coefficient (Wildman–Crippen LogP) is 5.37. The van der Waals surface area contributed by atoms with Gasteiger partial charge in [-0.25, -0.2) is 4.98 Å². The molecule has 4 N–H and O–H groups in total. The molecule has 348 valence electrons. The average Bonchev–Trinajstić information content (AvgIpc) is 3.78. The molecule has 0 radical (unpaired) electrons. The third-order valence-corrected chi connectivity index (χ3v) is 15.1. The summed E-state index contributed by atoms with van der Waals surface area (Å²) in [6.07, 6.45) is 2.56. The zero-order chi connectivity index (χ0) is 46.0. The monoisotopic (exact) mass is 897 g/mol. The number of carbonyl (C=O) groups is 3. The second-order valence-corrected chi connectivity index (χ2v) is 19.7. The molecule has 3 fully saturated rings. The van der Waals surface area contributed by atoms with Gasteiger partial charge in [0.25, 0.3) is 0 Å². The molecule has 17 nitrogen and oxygen atoms in total. The average molecular weight is 898 g/mol. The van der Waals surface area contributed by atoms with Crippen LogP contribution >= 0.6 is 11.8 Å². The maximum absolute atomic E-state index is 14.7. The fourth-order valence-electron chi connectivity index (χ4n) is 10.1. The van der Waals surface area contributed by atoms with Crippen LogP contribution in [-0.4, -0.2) is 120 Å². The molecule has 3 aliphatic heterocycles. The summed E-state index contributed by atoms with van der Waals surface area (Å²) >= 11 is 1.39. The molecule has 3 aromatic heterocycles. The molecule has 0 spiro atoms. The first-order chi connectivity index (χ1) is 29.8. The Morgan fingerprint density at radius 1 is 0.984 bits per heavy atom. The summed E-state index contributed by atoms with van der Waals surface area (Å²) in [5, 5.41) is 13.4. The van der Waals surface area contributed by atoms with Crippen molar-refractivity contribution < 1.29 is 47.9 Å². The number of Topliss-reactive ketones (excluding diaryl/α,β-unsaturated/α-hetero) is 1. The molecule has 0 aromatic carbocycles. The van der Waals surface area contributed by atoms with Crippen LogP contribution in [-0.2, 0) is 55.9 Å². The summed E-state index contributed by atoms with van der Waals surface area (Å²) in [5.41, 5.74) is 5.23. The first-order valence-corrected chi connectivity index (χ1v) is 23.1. The van der Waals surface area contributed by atoms with Crippen LogP contribution < -0.4 is 11.1 Å². The van der Waals surface area contributed by atoms with E-state index in [1.165, 1.54) is 11.8 Å². The summed E-state index contributed by atoms with van der Waals surface area (Å²) in [6.45, 7) is 17.6. The number of methoxy groups -OCH3 is 2. The number of nitrogens with zero attached hydrogens (tertiary/aromatic N) is 5. The number of nitrogens with one attached hydrogen (secondary N) is 1. The van der Waals surface area contributed by atoms with Gasteiger partial charge in [0.05, 0.1) is 35.7 Å². The summed E-state index contributed by atoms with van der Waals surface area (Å²) < 4.78 is 39.4. The smallest absolute Gasteiger partial charge is 0.320 e. The summed E-state index contributed by atoms with van der Waals surface area (Å²) in [4.78, 5) is 60.9. The quantitative estimate of drug-likeness (QED) is 0.195. The van der Waals surface area contributed by atoms with E-state index < -0.39 is 88.4 Å². The van der Waals surface area contributed by atoms with Gasteiger partial charge in [0.2, 0.25) is 5.95 Å². The van der Waals surface area contributed by atoms with Gasteiger partial charge < -0.3 is 49.1 Å². The van der Waals surface area contributed by atoms with Crippen LogP contribution in [0.3, 0.4) is 0 Å². The standard InChI is InChI=1S/C45H67N7O10S/c1-12-30-45(9)32(36(41(56)62-45)63-18-17-52-23-49-33-38(46)50-42(51-39(33)52)48-22-29-13-15-47-16-14-29)26(4)34(53)24(2)19-43(7,57-10)20-25(3)35(27(5)40(55)60-30)61-31-21-44(8,58-11)37(54)28(6)59-31/h13-16,23-28,30-32,35-37,54H,12,17-22H2,1-11H3,(H3,46,48,50,51)/t24-,25-,26-,27-,28+,30-,31+,32+,35+,36+,37+,43-,44-,45-/m1/s1. The molecule has 6 heterocycles. The Labute approximate surface area is 374 Å². The number of aryl methyl sites for hydroxylation is 1. The van der Waals surface area contributed by atoms with Gasteiger partial charge in [0.1, 0.15) is 28.8 Å². The van der Waals surface area contributed by atoms with Gasteiger partial charge in [-0.15, -0.1) is 11.8 Å². The molecule has 0 saturated carbocycles. The van der Waals surface area contributed by atoms with Crippen LogP contribution in [0.1, 0.15) is 93.6 Å². The lowest BCUT2D eigenvalue weighted by molar-refractivity contribution is -0.296. The van der Waals surface area contributed by atoms with E-state index in [0.717, 1.165) is 5.56 Å². The lowest BCUT2D eigenvalue weighted by Crippen LogP contribution is -2.57. The lowest BCUT2D eigenvalue weighted by atomic mass is 9.70. The van der Waals surface area contributed by atoms with Gasteiger partial charge in [-0.1, -0.05) is 27.7 Å². The molecule has 6 rings (SSSR count). The van der Waals surface area contributed by atoms with Crippen molar-refractivity contribution in [2.75, 3.05) is 31.0 Å². The van der Waals surface area contributed by atoms with Crippen LogP contribution in [0.25, 0.3) is 11.2 Å². The Hall–Kier alpha value is -3.94. The Bertz CT molecular complexity index is 2080. The number of anilines is 2. The van der Waals surface area contributed by atoms with Crippen molar-refractivity contribution in [1.29, 1.82) is 0 Å². The number of nitrogens with two attached hydrogens (primary N) is 1. The van der Waals surface area contributed by atoms with Crippen molar-refractivity contribution in [2.24, 2.45) is 29.6 Å². The van der Waals surface area contributed by atoms with Crippen LogP contribution in [0.15, 0.2) is 30.9 Å². The molecule has 0 bridgehead atoms. The van der Waals surface area contributed by atoms with Crippen molar-refractivity contribution in [3.63, 3.8) is 0 Å². The summed E-state index contributed by atoms with van der Waals surface area (Å²) in [7, 11) is 3.17. The fourth-order valence-corrected chi connectivity index (χ4v) is 11.5. The van der Waals surface area contributed by atoms with Gasteiger partial charge in [-0.05, 0) is 77.5 Å². The lowest BCUT2D eigenvalue weighted by Gasteiger charge is -2.46. The highest BCUT2D eigenvalue weighted by Crippen LogP contribution is 2.49. The number of nitrogen functional groups attached to an aromatic ring is 1. The molecular weight excluding hydrogens is 831 g/mol. The number of imidazole rings is 1. The number of hydrogen-bond donors (Lipinski definition) is 3. The predicted molar refractivity (Wildman–Crippen MR) is 237 cm³/mol. The second kappa shape index (κ2) is 19.7. The van der Waals surface area contributed by atoms with E-state index in [1.807, 2.05) is 58.2 Å². The second-order valence-electron chi connectivity index (χ2n) is 18.5. The maximum Gasteiger partial charge on any atom is 0.320 e. The van der Waals surface area contributed by atoms with Crippen molar-refractivity contribution >= 4 is 52.4 Å². The van der Waals surface area contributed by atoms with Crippen molar-refractivity contribution in [2.45, 2.75) is 154 Å². The topological polar surface area (TPSA) is 221 Å². The van der Waals surface area contributed by atoms with E-state index in [2.05, 4.69) is 20.3 Å². The number of pyridine rings is 1. The third-order valence-electron chi connectivity index (χ3n) is 13.8. The maximum atomic E-state index is 14.7. The number of ether oxygens (including phenoxy) is 6. The highest BCUT2D eigenvalue weighted by Gasteiger charge is 2.61. The molecule has 3 saturated heterocycles. The molecule has 3 aliphatic rings. The van der Waals surface area contributed by atoms with Gasteiger partial charge in [0, 0.05) is 69.6 Å². The van der Waals surface area contributed by atoms with E-state index in [1.54, 1.807) is 53.7 Å². The SMILES string of the molecule is CC[C@H]1OC(=O)[C@H](C)[C@@H](O[C@H]2C[C@@](C)(OC)[C@@H](O)[C@H](C)O2)[C@H](C)C[C@](C)(OC)C[C@@H](C)C(=O)[C@H](C)[C@H]2[C@H](SCCn3cnc4c(N)nc(NCc5ccncc5)nc43)C(=O)O[C@@]21C. The minimum atomic E-state index is -1.35. The van der Waals surface area contributed by atoms with E-state index in [0.29, 0.717) is 55.2 Å². The molecule has 0 aliphatic carbocycles. The zero-order valence-corrected chi connectivity index (χ0v) is 39.3. The van der Waals surface area contributed by atoms with E-state index in [-0.39, 0.29) is 23.9 Å². The molecular formula is C45H67N7O10S. The number of fused-ring (bicyclic) bond motifs is 2. The molecule has 14 atom stereocenters. The third kappa shape index (κ3) is 10.2. The van der Waals surface area contributed by atoms with Crippen molar-refractivity contribution in [3.05, 3.63) is 36.4 Å². The Kier molecular flexibility index (Phi) is 15.1. The minimum Gasteiger partial charge on any atom is -0.458 e. The largest absolute Gasteiger partial charge is 0.458 e. The number of carbonyl (C=O) groups excluding carboxylic acids is 3. The van der Waals surface area contributed by atoms with Crippen LogP contribution in [0.4, 0.5) is 11.8 Å². The van der Waals surface area contributed by atoms with Gasteiger partial charge in [-0.2, -0.15) is 9.97 Å². The van der Waals surface area contributed by atoms with Crippen LogP contribution in [0.2, 0.25) is 0 Å².